The average Bonchev–Trinajstić information content (AvgIpc) is 3.06. The lowest BCUT2D eigenvalue weighted by molar-refractivity contribution is 0.767. The number of hydrogen-bond donors (Lipinski definition) is 1. The maximum atomic E-state index is 12.2. The molecule has 8 heteroatoms. The quantitative estimate of drug-likeness (QED) is 0.570. The maximum Gasteiger partial charge on any atom is 0.348 e. The molecule has 1 N–H and O–H groups in total. The van der Waals surface area contributed by atoms with Crippen molar-refractivity contribution in [1.82, 2.24) is 29.4 Å². The Bertz CT molecular complexity index is 1040. The summed E-state index contributed by atoms with van der Waals surface area (Å²) in [6, 6.07) is 7.46. The molecule has 3 heterocycles. The molecule has 0 fully saturated rings. The molecular weight excluding hydrogens is 336 g/mol. The first-order chi connectivity index (χ1) is 10.1. The highest BCUT2D eigenvalue weighted by Crippen LogP contribution is 2.24. The van der Waals surface area contributed by atoms with Crippen LogP contribution in [-0.4, -0.2) is 29.4 Å². The highest BCUT2D eigenvalue weighted by atomic mass is 79.9. The van der Waals surface area contributed by atoms with Gasteiger partial charge in [-0.25, -0.2) is 9.78 Å². The fourth-order valence-corrected chi connectivity index (χ4v) is 2.79. The topological polar surface area (TPSA) is 80.9 Å². The van der Waals surface area contributed by atoms with E-state index in [2.05, 4.69) is 36.1 Å². The van der Waals surface area contributed by atoms with E-state index < -0.39 is 0 Å². The minimum Gasteiger partial charge on any atom is -0.304 e. The number of nitrogens with one attached hydrogen (secondary N) is 1. The molecule has 3 aromatic heterocycles. The van der Waals surface area contributed by atoms with Crippen LogP contribution in [0.25, 0.3) is 28.1 Å². The monoisotopic (exact) mass is 344 g/mol. The largest absolute Gasteiger partial charge is 0.348 e. The van der Waals surface area contributed by atoms with Crippen LogP contribution in [0.5, 0.6) is 0 Å². The fourth-order valence-electron chi connectivity index (χ4n) is 2.33. The van der Waals surface area contributed by atoms with Gasteiger partial charge in [-0.3, -0.25) is 4.68 Å². The number of H-pyrrole nitrogens is 1. The van der Waals surface area contributed by atoms with Gasteiger partial charge in [-0.05, 0) is 34.1 Å². The summed E-state index contributed by atoms with van der Waals surface area (Å²) < 4.78 is 3.75. The Morgan fingerprint density at radius 2 is 2.14 bits per heavy atom. The van der Waals surface area contributed by atoms with Gasteiger partial charge in [0.1, 0.15) is 5.69 Å². The van der Waals surface area contributed by atoms with Gasteiger partial charge in [-0.2, -0.15) is 9.61 Å². The third kappa shape index (κ3) is 1.72. The normalized spacial score (nSPS) is 11.5. The zero-order chi connectivity index (χ0) is 14.6. The van der Waals surface area contributed by atoms with Crippen molar-refractivity contribution in [2.24, 2.45) is 7.05 Å². The number of aromatic amines is 1. The van der Waals surface area contributed by atoms with Crippen LogP contribution in [0, 0.1) is 0 Å². The Labute approximate surface area is 126 Å². The van der Waals surface area contributed by atoms with Crippen molar-refractivity contribution in [2.45, 2.75) is 0 Å². The Hall–Kier alpha value is -2.48. The van der Waals surface area contributed by atoms with E-state index in [1.807, 2.05) is 18.2 Å². The van der Waals surface area contributed by atoms with Crippen molar-refractivity contribution in [3.8, 4) is 11.5 Å². The van der Waals surface area contributed by atoms with Gasteiger partial charge in [0, 0.05) is 23.1 Å². The molecule has 0 atom stereocenters. The lowest BCUT2D eigenvalue weighted by Crippen LogP contribution is -2.17. The van der Waals surface area contributed by atoms with E-state index in [0.717, 1.165) is 15.6 Å². The number of hydrogen-bond acceptors (Lipinski definition) is 4. The van der Waals surface area contributed by atoms with Crippen LogP contribution in [0.1, 0.15) is 0 Å². The second-order valence-electron chi connectivity index (χ2n) is 4.60. The molecule has 0 aliphatic rings. The lowest BCUT2D eigenvalue weighted by Gasteiger charge is -2.00. The van der Waals surface area contributed by atoms with Gasteiger partial charge in [0.25, 0.3) is 0 Å². The van der Waals surface area contributed by atoms with Crippen LogP contribution in [0.15, 0.2) is 39.7 Å². The molecule has 0 bridgehead atoms. The average molecular weight is 345 g/mol. The predicted octanol–water partition coefficient (Wildman–Crippen LogP) is 1.73. The van der Waals surface area contributed by atoms with Crippen LogP contribution >= 0.6 is 15.9 Å². The number of nitrogens with zero attached hydrogens (tertiary/aromatic N) is 5. The summed E-state index contributed by atoms with van der Waals surface area (Å²) in [5.41, 5.74) is 1.65. The lowest BCUT2D eigenvalue weighted by atomic mass is 10.2. The van der Waals surface area contributed by atoms with Crippen LogP contribution in [0.4, 0.5) is 0 Å². The number of halogens is 1. The van der Waals surface area contributed by atoms with Crippen molar-refractivity contribution in [3.63, 3.8) is 0 Å². The molecule has 4 rings (SSSR count). The van der Waals surface area contributed by atoms with Crippen LogP contribution in [0.3, 0.4) is 0 Å². The summed E-state index contributed by atoms with van der Waals surface area (Å²) in [5.74, 6) is 0.466. The van der Waals surface area contributed by atoms with Crippen molar-refractivity contribution in [2.75, 3.05) is 0 Å². The van der Waals surface area contributed by atoms with Crippen LogP contribution in [0.2, 0.25) is 0 Å². The van der Waals surface area contributed by atoms with E-state index in [4.69, 9.17) is 0 Å². The first-order valence-corrected chi connectivity index (χ1v) is 7.00. The van der Waals surface area contributed by atoms with Gasteiger partial charge >= 0.3 is 5.69 Å². The smallest absolute Gasteiger partial charge is 0.304 e. The first-order valence-electron chi connectivity index (χ1n) is 6.21. The molecule has 4 aromatic rings. The minimum absolute atomic E-state index is 0.328. The van der Waals surface area contributed by atoms with E-state index >= 15 is 0 Å². The van der Waals surface area contributed by atoms with E-state index in [-0.39, 0.29) is 5.69 Å². The Kier molecular flexibility index (Phi) is 2.49. The number of aromatic nitrogens is 6. The molecule has 0 amide bonds. The van der Waals surface area contributed by atoms with E-state index in [0.29, 0.717) is 17.0 Å². The number of benzene rings is 1. The van der Waals surface area contributed by atoms with E-state index in [9.17, 15) is 4.79 Å². The van der Waals surface area contributed by atoms with Crippen molar-refractivity contribution < 1.29 is 0 Å². The highest BCUT2D eigenvalue weighted by Gasteiger charge is 2.15. The molecule has 0 spiro atoms. The van der Waals surface area contributed by atoms with Crippen LogP contribution < -0.4 is 5.69 Å². The summed E-state index contributed by atoms with van der Waals surface area (Å²) in [6.45, 7) is 0. The number of para-hydroxylation sites is 1. The van der Waals surface area contributed by atoms with Gasteiger partial charge < -0.3 is 4.98 Å². The third-order valence-corrected chi connectivity index (χ3v) is 4.00. The maximum absolute atomic E-state index is 12.2. The van der Waals surface area contributed by atoms with Gasteiger partial charge in [-0.1, -0.05) is 6.07 Å². The second-order valence-corrected chi connectivity index (χ2v) is 5.46. The number of rotatable bonds is 1. The Balaban J connectivity index is 2.15. The molecule has 1 aromatic carbocycles. The third-order valence-electron chi connectivity index (χ3n) is 3.34. The Morgan fingerprint density at radius 3 is 2.90 bits per heavy atom. The van der Waals surface area contributed by atoms with Crippen molar-refractivity contribution in [3.05, 3.63) is 45.4 Å². The highest BCUT2D eigenvalue weighted by molar-refractivity contribution is 9.10. The number of fused-ring (bicyclic) bond motifs is 3. The first kappa shape index (κ1) is 12.3. The number of aryl methyl sites for hydroxylation is 1. The van der Waals surface area contributed by atoms with Crippen molar-refractivity contribution >= 4 is 32.5 Å². The second kappa shape index (κ2) is 4.26. The molecule has 0 saturated carbocycles. The fraction of sp³-hybridized carbons (Fsp3) is 0.0769. The summed E-state index contributed by atoms with van der Waals surface area (Å²) in [6.07, 6.45) is 1.67. The summed E-state index contributed by atoms with van der Waals surface area (Å²) in [7, 11) is 1.81. The van der Waals surface area contributed by atoms with E-state index in [1.54, 1.807) is 24.0 Å². The van der Waals surface area contributed by atoms with Gasteiger partial charge in [0.2, 0.25) is 5.82 Å². The van der Waals surface area contributed by atoms with Gasteiger partial charge in [0.05, 0.1) is 5.52 Å². The van der Waals surface area contributed by atoms with Crippen LogP contribution in [-0.2, 0) is 7.05 Å². The zero-order valence-corrected chi connectivity index (χ0v) is 12.5. The zero-order valence-electron chi connectivity index (χ0n) is 10.9. The summed E-state index contributed by atoms with van der Waals surface area (Å²) in [5, 5.41) is 9.20. The standard InChI is InChI=1S/C13H9BrN6O/c1-19-9(5-6-15-19)11-17-12-7-3-2-4-8(14)10(7)16-13(21)20(12)18-11/h2-6H,1H3,(H,16,21). The molecule has 7 nitrogen and oxygen atoms in total. The molecule has 0 unspecified atom stereocenters. The van der Waals surface area contributed by atoms with Gasteiger partial charge in [0.15, 0.2) is 5.65 Å². The molecule has 104 valence electrons. The van der Waals surface area contributed by atoms with Gasteiger partial charge in [-0.15, -0.1) is 5.10 Å². The molecule has 0 aliphatic heterocycles. The molecule has 21 heavy (non-hydrogen) atoms. The molecule has 0 aliphatic carbocycles. The molecule has 0 radical (unpaired) electrons. The SMILES string of the molecule is Cn1nccc1-c1nc2c3cccc(Br)c3[nH]c(=O)n2n1. The molecule has 0 saturated heterocycles. The van der Waals surface area contributed by atoms with E-state index in [1.165, 1.54) is 4.52 Å². The Morgan fingerprint density at radius 1 is 1.29 bits per heavy atom. The van der Waals surface area contributed by atoms with Crippen molar-refractivity contribution in [1.29, 1.82) is 0 Å². The minimum atomic E-state index is -0.328. The molecular formula is C13H9BrN6O. The summed E-state index contributed by atoms with van der Waals surface area (Å²) in [4.78, 5) is 19.5. The predicted molar refractivity (Wildman–Crippen MR) is 81.0 cm³/mol. The summed E-state index contributed by atoms with van der Waals surface area (Å²) >= 11 is 3.43.